The fourth-order valence-electron chi connectivity index (χ4n) is 4.49. The molecule has 8 nitrogen and oxygen atoms in total. The van der Waals surface area contributed by atoms with Gasteiger partial charge in [-0.05, 0) is 43.8 Å². The molecule has 2 aromatic rings. The quantitative estimate of drug-likeness (QED) is 0.315. The van der Waals surface area contributed by atoms with Crippen molar-refractivity contribution < 1.29 is 23.9 Å². The van der Waals surface area contributed by atoms with Crippen molar-refractivity contribution in [2.45, 2.75) is 38.7 Å². The number of ether oxygens (including phenoxy) is 2. The molecule has 1 aliphatic rings. The van der Waals surface area contributed by atoms with Gasteiger partial charge in [0.05, 0.1) is 18.4 Å². The summed E-state index contributed by atoms with van der Waals surface area (Å²) < 4.78 is 10.5. The van der Waals surface area contributed by atoms with E-state index in [-0.39, 0.29) is 22.4 Å². The van der Waals surface area contributed by atoms with Crippen molar-refractivity contribution in [3.05, 3.63) is 69.9 Å². The van der Waals surface area contributed by atoms with Crippen molar-refractivity contribution in [2.24, 2.45) is 5.92 Å². The van der Waals surface area contributed by atoms with Crippen molar-refractivity contribution in [1.82, 2.24) is 0 Å². The Bertz CT molecular complexity index is 1340. The van der Waals surface area contributed by atoms with Crippen LogP contribution in [0.4, 0.5) is 10.5 Å². The highest BCUT2D eigenvalue weighted by atomic mass is 32.1. The largest absolute Gasteiger partial charge is 0.466 e. The number of allylic oxidation sites excluding steroid dienone is 2. The lowest BCUT2D eigenvalue weighted by Gasteiger charge is -2.36. The minimum atomic E-state index is -1.86. The number of hydrogen-bond acceptors (Lipinski definition) is 8. The molecule has 2 amide bonds. The number of anilines is 1. The number of imide groups is 1. The van der Waals surface area contributed by atoms with Crippen molar-refractivity contribution in [3.63, 3.8) is 0 Å². The van der Waals surface area contributed by atoms with E-state index in [1.165, 1.54) is 11.3 Å². The van der Waals surface area contributed by atoms with Gasteiger partial charge in [-0.2, -0.15) is 10.5 Å². The fraction of sp³-hybridized carbons (Fsp3) is 0.296. The Morgan fingerprint density at radius 3 is 2.31 bits per heavy atom. The fourth-order valence-corrected chi connectivity index (χ4v) is 5.36. The summed E-state index contributed by atoms with van der Waals surface area (Å²) in [6.45, 7) is 10.6. The third kappa shape index (κ3) is 4.19. The maximum absolute atomic E-state index is 14.4. The van der Waals surface area contributed by atoms with E-state index < -0.39 is 34.9 Å². The van der Waals surface area contributed by atoms with Gasteiger partial charge in [0.1, 0.15) is 28.7 Å². The van der Waals surface area contributed by atoms with Crippen LogP contribution < -0.4 is 4.90 Å². The smallest absolute Gasteiger partial charge is 0.421 e. The van der Waals surface area contributed by atoms with E-state index in [1.54, 1.807) is 69.5 Å². The molecule has 9 heteroatoms. The van der Waals surface area contributed by atoms with Gasteiger partial charge in [-0.3, -0.25) is 4.79 Å². The van der Waals surface area contributed by atoms with E-state index in [0.717, 1.165) is 12.0 Å². The number of nitriles is 2. The molecule has 1 aromatic heterocycles. The number of amides is 2. The molecule has 0 bridgehead atoms. The van der Waals surface area contributed by atoms with Gasteiger partial charge in [-0.25, -0.2) is 14.5 Å². The summed E-state index contributed by atoms with van der Waals surface area (Å²) in [6.07, 6.45) is -0.922. The van der Waals surface area contributed by atoms with Gasteiger partial charge < -0.3 is 9.47 Å². The van der Waals surface area contributed by atoms with Crippen molar-refractivity contribution in [1.29, 1.82) is 10.5 Å². The van der Waals surface area contributed by atoms with Gasteiger partial charge in [-0.15, -0.1) is 11.3 Å². The second-order valence-corrected chi connectivity index (χ2v) is 10.1. The first kappa shape index (κ1) is 26.4. The molecule has 1 aliphatic heterocycles. The van der Waals surface area contributed by atoms with E-state index in [4.69, 9.17) is 9.47 Å². The number of fused-ring (bicyclic) bond motifs is 1. The number of carbonyl (C=O) groups is 3. The second-order valence-electron chi connectivity index (χ2n) is 9.13. The Hall–Kier alpha value is -4.21. The van der Waals surface area contributed by atoms with E-state index in [2.05, 4.69) is 6.58 Å². The first-order valence-corrected chi connectivity index (χ1v) is 11.9. The molecular weight excluding hydrogens is 478 g/mol. The number of hydrogen-bond donors (Lipinski definition) is 0. The lowest BCUT2D eigenvalue weighted by molar-refractivity contribution is -0.139. The highest BCUT2D eigenvalue weighted by Crippen LogP contribution is 2.55. The average molecular weight is 504 g/mol. The summed E-state index contributed by atoms with van der Waals surface area (Å²) in [7, 11) is 1.16. The van der Waals surface area contributed by atoms with Crippen molar-refractivity contribution in [2.75, 3.05) is 12.0 Å². The van der Waals surface area contributed by atoms with Crippen LogP contribution in [-0.4, -0.2) is 30.7 Å². The van der Waals surface area contributed by atoms with Crippen LogP contribution in [0.5, 0.6) is 0 Å². The second kappa shape index (κ2) is 9.80. The van der Waals surface area contributed by atoms with Crippen molar-refractivity contribution >= 4 is 40.6 Å². The van der Waals surface area contributed by atoms with E-state index in [0.29, 0.717) is 10.4 Å². The third-order valence-corrected chi connectivity index (χ3v) is 6.86. The molecule has 0 saturated carbocycles. The van der Waals surface area contributed by atoms with Crippen molar-refractivity contribution in [3.8, 4) is 12.1 Å². The molecule has 0 saturated heterocycles. The normalized spacial score (nSPS) is 17.3. The summed E-state index contributed by atoms with van der Waals surface area (Å²) in [4.78, 5) is 42.0. The maximum Gasteiger partial charge on any atom is 0.421 e. The molecule has 0 unspecified atom stereocenters. The Morgan fingerprint density at radius 2 is 1.78 bits per heavy atom. The van der Waals surface area contributed by atoms with E-state index >= 15 is 0 Å². The molecule has 2 atom stereocenters. The maximum atomic E-state index is 14.4. The zero-order valence-corrected chi connectivity index (χ0v) is 21.4. The predicted octanol–water partition coefficient (Wildman–Crippen LogP) is 5.13. The molecule has 0 spiro atoms. The molecule has 1 aromatic carbocycles. The van der Waals surface area contributed by atoms with Crippen LogP contribution in [0, 0.1) is 28.6 Å². The summed E-state index contributed by atoms with van der Waals surface area (Å²) in [6, 6.07) is 13.8. The highest BCUT2D eigenvalue weighted by Gasteiger charge is 2.61. The number of carbonyl (C=O) groups excluding carboxylic acids is 3. The molecule has 184 valence electrons. The molecule has 36 heavy (non-hydrogen) atoms. The molecule has 0 aliphatic carbocycles. The van der Waals surface area contributed by atoms with Crippen LogP contribution in [0.1, 0.15) is 38.1 Å². The van der Waals surface area contributed by atoms with E-state index in [9.17, 15) is 24.9 Å². The number of para-hydroxylation sites is 1. The van der Waals surface area contributed by atoms with Gasteiger partial charge in [-0.1, -0.05) is 37.8 Å². The zero-order valence-electron chi connectivity index (χ0n) is 20.6. The topological polar surface area (TPSA) is 120 Å². The third-order valence-electron chi connectivity index (χ3n) is 5.96. The summed E-state index contributed by atoms with van der Waals surface area (Å²) in [5.41, 5.74) is -2.43. The van der Waals surface area contributed by atoms with Crippen LogP contribution in [0.3, 0.4) is 0 Å². The Balaban J connectivity index is 2.41. The Kier molecular flexibility index (Phi) is 7.19. The standard InChI is InChI=1S/C27H25N3O5S/c1-16(22(18(14-28)15-29)21-12-9-13-36-21)27(17(2)23(31)34-6)19-10-7-8-11-20(19)30(24(27)32)25(33)35-26(3,4)5/h7-13,16H,2H2,1,3-6H3/t16-,27+/m1/s1. The minimum Gasteiger partial charge on any atom is -0.466 e. The number of benzene rings is 1. The molecule has 2 heterocycles. The number of nitrogens with zero attached hydrogens (tertiary/aromatic N) is 3. The molecule has 0 fully saturated rings. The molecule has 0 N–H and O–H groups in total. The lowest BCUT2D eigenvalue weighted by Crippen LogP contribution is -2.50. The summed E-state index contributed by atoms with van der Waals surface area (Å²) in [5.74, 6) is -2.62. The van der Waals surface area contributed by atoms with Gasteiger partial charge in [0.25, 0.3) is 5.91 Å². The number of thiophene rings is 1. The van der Waals surface area contributed by atoms with E-state index in [1.807, 2.05) is 12.1 Å². The van der Waals surface area contributed by atoms with Crippen LogP contribution in [0.15, 0.2) is 59.5 Å². The predicted molar refractivity (Wildman–Crippen MR) is 135 cm³/mol. The van der Waals surface area contributed by atoms with Gasteiger partial charge in [0, 0.05) is 16.4 Å². The molecule has 3 rings (SSSR count). The van der Waals surface area contributed by atoms with Crippen LogP contribution in [0.2, 0.25) is 0 Å². The summed E-state index contributed by atoms with van der Waals surface area (Å²) in [5, 5.41) is 21.3. The molecule has 0 radical (unpaired) electrons. The average Bonchev–Trinajstić information content (AvgIpc) is 3.44. The van der Waals surface area contributed by atoms with Gasteiger partial charge in [0.2, 0.25) is 0 Å². The minimum absolute atomic E-state index is 0.217. The summed E-state index contributed by atoms with van der Waals surface area (Å²) >= 11 is 1.28. The highest BCUT2D eigenvalue weighted by molar-refractivity contribution is 7.11. The lowest BCUT2D eigenvalue weighted by atomic mass is 9.63. The van der Waals surface area contributed by atoms with Gasteiger partial charge in [0.15, 0.2) is 0 Å². The number of methoxy groups -OCH3 is 1. The first-order valence-electron chi connectivity index (χ1n) is 11.0. The first-order chi connectivity index (χ1) is 16.9. The van der Waals surface area contributed by atoms with Gasteiger partial charge >= 0.3 is 12.1 Å². The van der Waals surface area contributed by atoms with Crippen LogP contribution >= 0.6 is 11.3 Å². The molecular formula is C27H25N3O5S. The SMILES string of the molecule is C=C(C(=O)OC)[C@]1([C@H](C)C(=C(C#N)C#N)c2cccs2)C(=O)N(C(=O)OC(C)(C)C)c2ccccc21. The number of rotatable bonds is 5. The number of esters is 1. The zero-order chi connectivity index (χ0) is 26.8. The Morgan fingerprint density at radius 1 is 1.14 bits per heavy atom. The van der Waals surface area contributed by atoms with Crippen LogP contribution in [0.25, 0.3) is 5.57 Å². The Labute approximate surface area is 213 Å². The van der Waals surface area contributed by atoms with Crippen LogP contribution in [-0.2, 0) is 24.5 Å². The monoisotopic (exact) mass is 503 g/mol.